The molecule has 2 aromatic rings. The Kier molecular flexibility index (Phi) is 3.85. The summed E-state index contributed by atoms with van der Waals surface area (Å²) in [6.07, 6.45) is 1.72. The molecule has 0 bridgehead atoms. The summed E-state index contributed by atoms with van der Waals surface area (Å²) in [5.41, 5.74) is 2.76. The summed E-state index contributed by atoms with van der Waals surface area (Å²) in [4.78, 5) is 20.6. The third-order valence-electron chi connectivity index (χ3n) is 2.69. The van der Waals surface area contributed by atoms with Gasteiger partial charge in [-0.3, -0.25) is 4.98 Å². The van der Waals surface area contributed by atoms with Crippen molar-refractivity contribution >= 4 is 17.7 Å². The highest BCUT2D eigenvalue weighted by Crippen LogP contribution is 2.29. The van der Waals surface area contributed by atoms with Crippen LogP contribution in [0.4, 0.5) is 0 Å². The summed E-state index contributed by atoms with van der Waals surface area (Å²) in [5, 5.41) is 9.92. The average Bonchev–Trinajstić information content (AvgIpc) is 2.36. The van der Waals surface area contributed by atoms with Crippen LogP contribution in [-0.2, 0) is 0 Å². The second-order valence-corrected chi connectivity index (χ2v) is 5.35. The molecule has 2 rings (SSSR count). The summed E-state index contributed by atoms with van der Waals surface area (Å²) in [6.45, 7) is 5.56. The van der Waals surface area contributed by atoms with E-state index in [2.05, 4.69) is 9.97 Å². The Balaban J connectivity index is 2.36. The molecule has 0 saturated carbocycles. The van der Waals surface area contributed by atoms with Gasteiger partial charge in [0, 0.05) is 11.1 Å². The smallest absolute Gasteiger partial charge is 0.335 e. The molecule has 0 amide bonds. The zero-order valence-corrected chi connectivity index (χ0v) is 11.8. The van der Waals surface area contributed by atoms with E-state index in [4.69, 9.17) is 5.11 Å². The Morgan fingerprint density at radius 3 is 2.68 bits per heavy atom. The molecule has 1 heterocycles. The van der Waals surface area contributed by atoms with E-state index in [1.165, 1.54) is 11.8 Å². The number of carboxylic acid groups (broad SMARTS) is 1. The van der Waals surface area contributed by atoms with E-state index in [0.717, 1.165) is 26.9 Å². The largest absolute Gasteiger partial charge is 0.478 e. The SMILES string of the molecule is Cc1cnc(C)c(Sc2ccc(C)c(C(=O)O)c2)n1. The van der Waals surface area contributed by atoms with Crippen molar-refractivity contribution in [3.8, 4) is 0 Å². The third-order valence-corrected chi connectivity index (χ3v) is 3.76. The van der Waals surface area contributed by atoms with Crippen molar-refractivity contribution in [2.75, 3.05) is 0 Å². The first-order valence-electron chi connectivity index (χ1n) is 5.79. The molecule has 0 aliphatic heterocycles. The molecule has 1 N–H and O–H groups in total. The van der Waals surface area contributed by atoms with Crippen molar-refractivity contribution in [3.05, 3.63) is 46.9 Å². The molecule has 0 saturated heterocycles. The molecule has 0 aliphatic rings. The molecule has 0 spiro atoms. The number of rotatable bonds is 3. The van der Waals surface area contributed by atoms with Gasteiger partial charge in [0.05, 0.1) is 17.0 Å². The predicted octanol–water partition coefficient (Wildman–Crippen LogP) is 3.25. The molecule has 5 heteroatoms. The van der Waals surface area contributed by atoms with Gasteiger partial charge < -0.3 is 5.11 Å². The maximum atomic E-state index is 11.1. The van der Waals surface area contributed by atoms with Crippen molar-refractivity contribution in [3.63, 3.8) is 0 Å². The standard InChI is InChI=1S/C14H14N2O2S/c1-8-4-5-11(6-12(8)14(17)18)19-13-10(3)15-7-9(2)16-13/h4-7H,1-3H3,(H,17,18). The minimum atomic E-state index is -0.910. The minimum absolute atomic E-state index is 0.322. The van der Waals surface area contributed by atoms with E-state index in [-0.39, 0.29) is 0 Å². The molecule has 4 nitrogen and oxygen atoms in total. The van der Waals surface area contributed by atoms with Crippen LogP contribution in [0, 0.1) is 20.8 Å². The molecule has 0 radical (unpaired) electrons. The molecule has 1 aromatic carbocycles. The molecule has 0 unspecified atom stereocenters. The Hall–Kier alpha value is -1.88. The van der Waals surface area contributed by atoms with E-state index < -0.39 is 5.97 Å². The quantitative estimate of drug-likeness (QED) is 0.930. The number of hydrogen-bond acceptors (Lipinski definition) is 4. The summed E-state index contributed by atoms with van der Waals surface area (Å²) < 4.78 is 0. The maximum absolute atomic E-state index is 11.1. The van der Waals surface area contributed by atoms with Crippen LogP contribution in [0.2, 0.25) is 0 Å². The molecule has 0 fully saturated rings. The fourth-order valence-corrected chi connectivity index (χ4v) is 2.54. The van der Waals surface area contributed by atoms with Crippen molar-refractivity contribution in [2.24, 2.45) is 0 Å². The van der Waals surface area contributed by atoms with Gasteiger partial charge in [-0.05, 0) is 38.5 Å². The number of hydrogen-bond donors (Lipinski definition) is 1. The Labute approximate surface area is 115 Å². The minimum Gasteiger partial charge on any atom is -0.478 e. The number of nitrogens with zero attached hydrogens (tertiary/aromatic N) is 2. The van der Waals surface area contributed by atoms with Crippen LogP contribution in [0.3, 0.4) is 0 Å². The van der Waals surface area contributed by atoms with Gasteiger partial charge in [-0.2, -0.15) is 0 Å². The van der Waals surface area contributed by atoms with E-state index in [1.807, 2.05) is 26.0 Å². The number of carboxylic acids is 1. The molecule has 98 valence electrons. The van der Waals surface area contributed by atoms with Crippen LogP contribution in [0.1, 0.15) is 27.3 Å². The highest BCUT2D eigenvalue weighted by atomic mass is 32.2. The monoisotopic (exact) mass is 274 g/mol. The fraction of sp³-hybridized carbons (Fsp3) is 0.214. The zero-order chi connectivity index (χ0) is 14.0. The van der Waals surface area contributed by atoms with Gasteiger partial charge in [0.2, 0.25) is 0 Å². The highest BCUT2D eigenvalue weighted by Gasteiger charge is 2.10. The Morgan fingerprint density at radius 1 is 1.26 bits per heavy atom. The summed E-state index contributed by atoms with van der Waals surface area (Å²) in [7, 11) is 0. The van der Waals surface area contributed by atoms with Crippen LogP contribution in [0.15, 0.2) is 34.3 Å². The zero-order valence-electron chi connectivity index (χ0n) is 11.0. The van der Waals surface area contributed by atoms with E-state index >= 15 is 0 Å². The lowest BCUT2D eigenvalue weighted by molar-refractivity contribution is 0.0696. The molecule has 0 aliphatic carbocycles. The van der Waals surface area contributed by atoms with Crippen LogP contribution < -0.4 is 0 Å². The van der Waals surface area contributed by atoms with Crippen molar-refractivity contribution in [1.82, 2.24) is 9.97 Å². The van der Waals surface area contributed by atoms with Gasteiger partial charge in [0.1, 0.15) is 5.03 Å². The Morgan fingerprint density at radius 2 is 2.00 bits per heavy atom. The summed E-state index contributed by atoms with van der Waals surface area (Å²) in [6, 6.07) is 5.38. The number of carbonyl (C=O) groups is 1. The average molecular weight is 274 g/mol. The normalized spacial score (nSPS) is 10.5. The van der Waals surface area contributed by atoms with Crippen molar-refractivity contribution in [2.45, 2.75) is 30.7 Å². The third kappa shape index (κ3) is 3.12. The number of aromatic nitrogens is 2. The van der Waals surface area contributed by atoms with Crippen molar-refractivity contribution < 1.29 is 9.90 Å². The summed E-state index contributed by atoms with van der Waals surface area (Å²) in [5.74, 6) is -0.910. The molecular formula is C14H14N2O2S. The van der Waals surface area contributed by atoms with Crippen LogP contribution in [0.25, 0.3) is 0 Å². The van der Waals surface area contributed by atoms with Gasteiger partial charge in [0.15, 0.2) is 0 Å². The summed E-state index contributed by atoms with van der Waals surface area (Å²) >= 11 is 1.43. The van der Waals surface area contributed by atoms with E-state index in [0.29, 0.717) is 5.56 Å². The maximum Gasteiger partial charge on any atom is 0.335 e. The first-order valence-corrected chi connectivity index (χ1v) is 6.61. The van der Waals surface area contributed by atoms with Crippen LogP contribution in [-0.4, -0.2) is 21.0 Å². The molecular weight excluding hydrogens is 260 g/mol. The number of benzene rings is 1. The first kappa shape index (κ1) is 13.5. The highest BCUT2D eigenvalue weighted by molar-refractivity contribution is 7.99. The number of aromatic carboxylic acids is 1. The van der Waals surface area contributed by atoms with Gasteiger partial charge >= 0.3 is 5.97 Å². The lowest BCUT2D eigenvalue weighted by Gasteiger charge is -2.07. The molecule has 19 heavy (non-hydrogen) atoms. The fourth-order valence-electron chi connectivity index (χ4n) is 1.62. The molecule has 0 atom stereocenters. The van der Waals surface area contributed by atoms with Crippen molar-refractivity contribution in [1.29, 1.82) is 0 Å². The van der Waals surface area contributed by atoms with E-state index in [9.17, 15) is 4.79 Å². The Bertz CT molecular complexity index is 641. The van der Waals surface area contributed by atoms with Crippen LogP contribution >= 0.6 is 11.8 Å². The predicted molar refractivity (Wildman–Crippen MR) is 73.8 cm³/mol. The second kappa shape index (κ2) is 5.40. The topological polar surface area (TPSA) is 63.1 Å². The first-order chi connectivity index (χ1) is 8.97. The van der Waals surface area contributed by atoms with Gasteiger partial charge in [-0.15, -0.1) is 0 Å². The lowest BCUT2D eigenvalue weighted by Crippen LogP contribution is -1.99. The lowest BCUT2D eigenvalue weighted by atomic mass is 10.1. The second-order valence-electron chi connectivity index (χ2n) is 4.29. The van der Waals surface area contributed by atoms with E-state index in [1.54, 1.807) is 19.2 Å². The van der Waals surface area contributed by atoms with Gasteiger partial charge in [-0.25, -0.2) is 9.78 Å². The van der Waals surface area contributed by atoms with Crippen LogP contribution in [0.5, 0.6) is 0 Å². The number of aryl methyl sites for hydroxylation is 3. The van der Waals surface area contributed by atoms with Gasteiger partial charge in [-0.1, -0.05) is 17.8 Å². The van der Waals surface area contributed by atoms with Gasteiger partial charge in [0.25, 0.3) is 0 Å². The molecule has 1 aromatic heterocycles.